The summed E-state index contributed by atoms with van der Waals surface area (Å²) < 4.78 is 4.01. The fourth-order valence-electron chi connectivity index (χ4n) is 1.64. The van der Waals surface area contributed by atoms with Crippen LogP contribution in [0.1, 0.15) is 37.7 Å². The molecule has 17 heavy (non-hydrogen) atoms. The number of imidazole rings is 1. The van der Waals surface area contributed by atoms with E-state index in [4.69, 9.17) is 11.6 Å². The summed E-state index contributed by atoms with van der Waals surface area (Å²) in [6, 6.07) is 2.50. The van der Waals surface area contributed by atoms with E-state index in [1.807, 2.05) is 27.7 Å². The summed E-state index contributed by atoms with van der Waals surface area (Å²) in [5, 5.41) is 4.55. The van der Waals surface area contributed by atoms with Crippen molar-refractivity contribution in [1.29, 1.82) is 0 Å². The zero-order valence-electron chi connectivity index (χ0n) is 10.2. The molecule has 0 saturated heterocycles. The Hall–Kier alpha value is -1.29. The topological polar surface area (TPSA) is 35.6 Å². The van der Waals surface area contributed by atoms with Crippen molar-refractivity contribution in [3.05, 3.63) is 36.2 Å². The fourth-order valence-corrected chi connectivity index (χ4v) is 1.78. The van der Waals surface area contributed by atoms with Gasteiger partial charge in [0.2, 0.25) is 0 Å². The summed E-state index contributed by atoms with van der Waals surface area (Å²) in [7, 11) is 0. The van der Waals surface area contributed by atoms with Gasteiger partial charge in [-0.15, -0.1) is 11.6 Å². The van der Waals surface area contributed by atoms with E-state index in [0.717, 1.165) is 24.4 Å². The minimum absolute atomic E-state index is 0.449. The molecule has 0 amide bonds. The number of alkyl halides is 1. The highest BCUT2D eigenvalue weighted by Gasteiger charge is 2.05. The van der Waals surface area contributed by atoms with Gasteiger partial charge < -0.3 is 4.57 Å². The van der Waals surface area contributed by atoms with Crippen molar-refractivity contribution in [2.75, 3.05) is 0 Å². The lowest BCUT2D eigenvalue weighted by Crippen LogP contribution is -2.06. The molecule has 0 aromatic carbocycles. The van der Waals surface area contributed by atoms with Crippen LogP contribution in [-0.4, -0.2) is 19.3 Å². The number of halogens is 1. The van der Waals surface area contributed by atoms with Gasteiger partial charge in [0.25, 0.3) is 0 Å². The van der Waals surface area contributed by atoms with E-state index < -0.39 is 0 Å². The summed E-state index contributed by atoms with van der Waals surface area (Å²) in [6.07, 6.45) is 6.86. The van der Waals surface area contributed by atoms with Crippen LogP contribution < -0.4 is 0 Å². The van der Waals surface area contributed by atoms with E-state index in [1.165, 1.54) is 0 Å². The maximum atomic E-state index is 5.71. The molecule has 5 heteroatoms. The zero-order chi connectivity index (χ0) is 12.3. The molecule has 2 aromatic rings. The van der Waals surface area contributed by atoms with Crippen molar-refractivity contribution >= 4 is 11.6 Å². The molecule has 1 atom stereocenters. The number of hydrogen-bond donors (Lipinski definition) is 0. The molecule has 0 fully saturated rings. The van der Waals surface area contributed by atoms with Crippen LogP contribution in [0, 0.1) is 0 Å². The summed E-state index contributed by atoms with van der Waals surface area (Å²) in [5.41, 5.74) is 1.94. The van der Waals surface area contributed by atoms with Crippen molar-refractivity contribution < 1.29 is 0 Å². The van der Waals surface area contributed by atoms with Crippen LogP contribution in [0.25, 0.3) is 0 Å². The average Bonchev–Trinajstić information content (AvgIpc) is 2.97. The molecule has 4 nitrogen and oxygen atoms in total. The van der Waals surface area contributed by atoms with Crippen molar-refractivity contribution in [3.63, 3.8) is 0 Å². The maximum absolute atomic E-state index is 5.71. The first-order valence-corrected chi connectivity index (χ1v) is 6.37. The SMILES string of the molecule is CCC(C)n1ccc(Cn2cnc(CCl)c2)n1. The van der Waals surface area contributed by atoms with E-state index in [1.54, 1.807) is 6.33 Å². The molecule has 2 aromatic heterocycles. The minimum atomic E-state index is 0.449. The number of rotatable bonds is 5. The highest BCUT2D eigenvalue weighted by Crippen LogP contribution is 2.10. The quantitative estimate of drug-likeness (QED) is 0.767. The molecule has 0 radical (unpaired) electrons. The van der Waals surface area contributed by atoms with Crippen LogP contribution in [0.3, 0.4) is 0 Å². The van der Waals surface area contributed by atoms with Crippen LogP contribution >= 0.6 is 11.6 Å². The van der Waals surface area contributed by atoms with Gasteiger partial charge in [-0.3, -0.25) is 4.68 Å². The second-order valence-electron chi connectivity index (χ2n) is 4.22. The van der Waals surface area contributed by atoms with Gasteiger partial charge in [-0.05, 0) is 19.4 Å². The van der Waals surface area contributed by atoms with Gasteiger partial charge in [0.05, 0.1) is 30.1 Å². The molecule has 2 heterocycles. The van der Waals surface area contributed by atoms with Crippen LogP contribution in [0.5, 0.6) is 0 Å². The van der Waals surface area contributed by atoms with Crippen LogP contribution in [-0.2, 0) is 12.4 Å². The molecule has 0 aliphatic rings. The highest BCUT2D eigenvalue weighted by molar-refractivity contribution is 6.16. The lowest BCUT2D eigenvalue weighted by Gasteiger charge is -2.08. The first-order chi connectivity index (χ1) is 8.22. The lowest BCUT2D eigenvalue weighted by molar-refractivity contribution is 0.472. The second kappa shape index (κ2) is 5.36. The second-order valence-corrected chi connectivity index (χ2v) is 4.48. The van der Waals surface area contributed by atoms with Gasteiger partial charge in [0.15, 0.2) is 0 Å². The molecule has 1 unspecified atom stereocenters. The summed E-state index contributed by atoms with van der Waals surface area (Å²) in [6.45, 7) is 5.07. The van der Waals surface area contributed by atoms with E-state index in [9.17, 15) is 0 Å². The van der Waals surface area contributed by atoms with Crippen LogP contribution in [0.15, 0.2) is 24.8 Å². The smallest absolute Gasteiger partial charge is 0.0953 e. The van der Waals surface area contributed by atoms with E-state index in [0.29, 0.717) is 11.9 Å². The van der Waals surface area contributed by atoms with Gasteiger partial charge >= 0.3 is 0 Å². The summed E-state index contributed by atoms with van der Waals surface area (Å²) in [5.74, 6) is 0.453. The van der Waals surface area contributed by atoms with Gasteiger partial charge in [-0.25, -0.2) is 4.98 Å². The van der Waals surface area contributed by atoms with Gasteiger partial charge in [0.1, 0.15) is 0 Å². The first kappa shape index (κ1) is 12.2. The summed E-state index contributed by atoms with van der Waals surface area (Å²) >= 11 is 5.71. The van der Waals surface area contributed by atoms with E-state index in [2.05, 4.69) is 23.9 Å². The molecule has 0 aliphatic carbocycles. The van der Waals surface area contributed by atoms with Crippen LogP contribution in [0.4, 0.5) is 0 Å². The molecule has 0 N–H and O–H groups in total. The first-order valence-electron chi connectivity index (χ1n) is 5.83. The number of hydrogen-bond acceptors (Lipinski definition) is 2. The Morgan fingerprint density at radius 2 is 2.24 bits per heavy atom. The van der Waals surface area contributed by atoms with E-state index in [-0.39, 0.29) is 0 Å². The predicted molar refractivity (Wildman–Crippen MR) is 68.1 cm³/mol. The third-order valence-electron chi connectivity index (χ3n) is 2.87. The molecule has 0 aliphatic heterocycles. The Bertz CT molecular complexity index is 474. The molecule has 0 saturated carbocycles. The van der Waals surface area contributed by atoms with E-state index >= 15 is 0 Å². The van der Waals surface area contributed by atoms with Gasteiger partial charge in [0, 0.05) is 18.4 Å². The molecule has 0 bridgehead atoms. The Morgan fingerprint density at radius 3 is 2.88 bits per heavy atom. The molecule has 2 rings (SSSR count). The monoisotopic (exact) mass is 252 g/mol. The third kappa shape index (κ3) is 2.88. The molecule has 0 spiro atoms. The van der Waals surface area contributed by atoms with Crippen LogP contribution in [0.2, 0.25) is 0 Å². The predicted octanol–water partition coefficient (Wildman–Crippen LogP) is 2.84. The van der Waals surface area contributed by atoms with Crippen molar-refractivity contribution in [3.8, 4) is 0 Å². The average molecular weight is 253 g/mol. The van der Waals surface area contributed by atoms with Gasteiger partial charge in [-0.2, -0.15) is 5.10 Å². The zero-order valence-corrected chi connectivity index (χ0v) is 10.9. The normalized spacial score (nSPS) is 12.9. The minimum Gasteiger partial charge on any atom is -0.331 e. The van der Waals surface area contributed by atoms with Crippen molar-refractivity contribution in [2.45, 2.75) is 38.7 Å². The largest absolute Gasteiger partial charge is 0.331 e. The van der Waals surface area contributed by atoms with Crippen molar-refractivity contribution in [1.82, 2.24) is 19.3 Å². The maximum Gasteiger partial charge on any atom is 0.0953 e. The Kier molecular flexibility index (Phi) is 3.84. The Morgan fingerprint density at radius 1 is 1.41 bits per heavy atom. The molecule has 92 valence electrons. The standard InChI is InChI=1S/C12H17ClN4/c1-3-10(2)17-5-4-11(15-17)7-16-8-12(6-13)14-9-16/h4-5,8-10H,3,6-7H2,1-2H3. The fraction of sp³-hybridized carbons (Fsp3) is 0.500. The third-order valence-corrected chi connectivity index (χ3v) is 3.15. The Labute approximate surface area is 106 Å². The molecular weight excluding hydrogens is 236 g/mol. The molecular formula is C12H17ClN4. The summed E-state index contributed by atoms with van der Waals surface area (Å²) in [4.78, 5) is 4.19. The number of aromatic nitrogens is 4. The van der Waals surface area contributed by atoms with Gasteiger partial charge in [-0.1, -0.05) is 6.92 Å². The highest BCUT2D eigenvalue weighted by atomic mass is 35.5. The lowest BCUT2D eigenvalue weighted by atomic mass is 10.3. The Balaban J connectivity index is 2.06. The number of nitrogens with zero attached hydrogens (tertiary/aromatic N) is 4. The van der Waals surface area contributed by atoms with Crippen molar-refractivity contribution in [2.24, 2.45) is 0 Å².